The number of rotatable bonds is 6. The molecule has 0 saturated heterocycles. The van der Waals surface area contributed by atoms with Gasteiger partial charge < -0.3 is 5.32 Å². The van der Waals surface area contributed by atoms with Crippen molar-refractivity contribution < 1.29 is 13.2 Å². The van der Waals surface area contributed by atoms with Gasteiger partial charge in [-0.1, -0.05) is 30.3 Å². The van der Waals surface area contributed by atoms with Gasteiger partial charge in [-0.2, -0.15) is 0 Å². The van der Waals surface area contributed by atoms with E-state index in [9.17, 15) is 13.2 Å². The van der Waals surface area contributed by atoms with Crippen molar-refractivity contribution in [3.05, 3.63) is 89.2 Å². The molecule has 10 heteroatoms. The Bertz CT molecular complexity index is 1430. The Kier molecular flexibility index (Phi) is 5.93. The van der Waals surface area contributed by atoms with Gasteiger partial charge in [0.2, 0.25) is 0 Å². The van der Waals surface area contributed by atoms with E-state index in [-0.39, 0.29) is 16.1 Å². The highest BCUT2D eigenvalue weighted by Crippen LogP contribution is 2.25. The van der Waals surface area contributed by atoms with Crippen LogP contribution in [0.3, 0.4) is 0 Å². The topological polar surface area (TPSA) is 119 Å². The number of tetrazole rings is 1. The van der Waals surface area contributed by atoms with Crippen LogP contribution in [0.5, 0.6) is 0 Å². The van der Waals surface area contributed by atoms with Crippen molar-refractivity contribution in [1.82, 2.24) is 20.2 Å². The summed E-state index contributed by atoms with van der Waals surface area (Å²) in [5.41, 5.74) is 3.96. The highest BCUT2D eigenvalue weighted by Gasteiger charge is 2.21. The molecule has 4 aromatic rings. The molecular formula is C23H22N6O3S. The minimum Gasteiger partial charge on any atom is -0.322 e. The zero-order valence-electron chi connectivity index (χ0n) is 18.3. The Morgan fingerprint density at radius 3 is 2.45 bits per heavy atom. The maximum atomic E-state index is 13.1. The molecule has 0 spiro atoms. The fourth-order valence-corrected chi connectivity index (χ4v) is 4.78. The first-order valence-corrected chi connectivity index (χ1v) is 11.6. The van der Waals surface area contributed by atoms with E-state index in [2.05, 4.69) is 25.6 Å². The molecule has 0 aliphatic heterocycles. The van der Waals surface area contributed by atoms with Crippen LogP contribution in [0.25, 0.3) is 5.69 Å². The van der Waals surface area contributed by atoms with E-state index in [0.717, 1.165) is 11.1 Å². The number of benzene rings is 3. The zero-order valence-corrected chi connectivity index (χ0v) is 19.1. The molecule has 33 heavy (non-hydrogen) atoms. The van der Waals surface area contributed by atoms with Gasteiger partial charge in [-0.15, -0.1) is 5.10 Å². The van der Waals surface area contributed by atoms with E-state index >= 15 is 0 Å². The molecular weight excluding hydrogens is 440 g/mol. The number of para-hydroxylation sites is 1. The maximum Gasteiger partial charge on any atom is 0.262 e. The molecule has 0 aliphatic carbocycles. The minimum absolute atomic E-state index is 0.169. The van der Waals surface area contributed by atoms with Crippen molar-refractivity contribution in [3.8, 4) is 5.69 Å². The van der Waals surface area contributed by atoms with Crippen LogP contribution in [0.2, 0.25) is 0 Å². The fraction of sp³-hybridized carbons (Fsp3) is 0.130. The van der Waals surface area contributed by atoms with E-state index in [1.165, 1.54) is 11.0 Å². The summed E-state index contributed by atoms with van der Waals surface area (Å²) in [6, 6.07) is 17.0. The quantitative estimate of drug-likeness (QED) is 0.452. The predicted molar refractivity (Wildman–Crippen MR) is 125 cm³/mol. The van der Waals surface area contributed by atoms with Gasteiger partial charge in [-0.05, 0) is 78.2 Å². The maximum absolute atomic E-state index is 13.1. The van der Waals surface area contributed by atoms with Crippen molar-refractivity contribution in [2.75, 3.05) is 10.0 Å². The summed E-state index contributed by atoms with van der Waals surface area (Å²) in [5.74, 6) is -0.458. The first-order chi connectivity index (χ1) is 15.7. The van der Waals surface area contributed by atoms with Crippen molar-refractivity contribution in [2.45, 2.75) is 25.7 Å². The number of nitrogens with one attached hydrogen (secondary N) is 2. The van der Waals surface area contributed by atoms with E-state index < -0.39 is 15.9 Å². The molecule has 4 rings (SSSR count). The van der Waals surface area contributed by atoms with Crippen LogP contribution < -0.4 is 10.0 Å². The standard InChI is InChI=1S/C23H22N6O3S/c1-15-8-9-17(3)22(12-15)33(31,32)26-20-7-5-4-6-19(20)23(30)25-18-11-10-16(2)21(13-18)29-14-24-27-28-29/h4-14,26H,1-3H3,(H,25,30). The number of anilines is 2. The molecule has 9 nitrogen and oxygen atoms in total. The lowest BCUT2D eigenvalue weighted by Gasteiger charge is -2.15. The highest BCUT2D eigenvalue weighted by molar-refractivity contribution is 7.92. The van der Waals surface area contributed by atoms with Gasteiger partial charge in [-0.3, -0.25) is 9.52 Å². The number of hydrogen-bond acceptors (Lipinski definition) is 6. The molecule has 0 saturated carbocycles. The van der Waals surface area contributed by atoms with Crippen LogP contribution in [0, 0.1) is 20.8 Å². The van der Waals surface area contributed by atoms with Gasteiger partial charge in [0.15, 0.2) is 0 Å². The van der Waals surface area contributed by atoms with Crippen molar-refractivity contribution in [3.63, 3.8) is 0 Å². The summed E-state index contributed by atoms with van der Waals surface area (Å²) >= 11 is 0. The Morgan fingerprint density at radius 2 is 1.70 bits per heavy atom. The van der Waals surface area contributed by atoms with Crippen LogP contribution in [0.4, 0.5) is 11.4 Å². The third kappa shape index (κ3) is 4.75. The molecule has 0 aliphatic rings. The summed E-state index contributed by atoms with van der Waals surface area (Å²) in [6.07, 6.45) is 1.46. The van der Waals surface area contributed by atoms with Gasteiger partial charge in [0.05, 0.1) is 21.8 Å². The number of hydrogen-bond donors (Lipinski definition) is 2. The van der Waals surface area contributed by atoms with Crippen LogP contribution in [-0.2, 0) is 10.0 Å². The van der Waals surface area contributed by atoms with E-state index in [1.807, 2.05) is 26.0 Å². The highest BCUT2D eigenvalue weighted by atomic mass is 32.2. The number of carbonyl (C=O) groups is 1. The Hall–Kier alpha value is -4.05. The normalized spacial score (nSPS) is 11.2. The van der Waals surface area contributed by atoms with Crippen LogP contribution in [0.15, 0.2) is 71.9 Å². The summed E-state index contributed by atoms with van der Waals surface area (Å²) in [6.45, 7) is 5.46. The number of aromatic nitrogens is 4. The van der Waals surface area contributed by atoms with E-state index in [1.54, 1.807) is 55.5 Å². The van der Waals surface area contributed by atoms with E-state index in [0.29, 0.717) is 16.9 Å². The fourth-order valence-electron chi connectivity index (χ4n) is 3.37. The molecule has 1 aromatic heterocycles. The molecule has 1 heterocycles. The van der Waals surface area contributed by atoms with Crippen molar-refractivity contribution >= 4 is 27.3 Å². The molecule has 0 radical (unpaired) electrons. The van der Waals surface area contributed by atoms with Crippen molar-refractivity contribution in [2.24, 2.45) is 0 Å². The molecule has 0 unspecified atom stereocenters. The first-order valence-electron chi connectivity index (χ1n) is 10.1. The number of amides is 1. The van der Waals surface area contributed by atoms with Crippen LogP contribution in [0.1, 0.15) is 27.0 Å². The largest absolute Gasteiger partial charge is 0.322 e. The molecule has 3 aromatic carbocycles. The number of nitrogens with zero attached hydrogens (tertiary/aromatic N) is 4. The van der Waals surface area contributed by atoms with Crippen LogP contribution >= 0.6 is 0 Å². The molecule has 0 fully saturated rings. The molecule has 0 bridgehead atoms. The first kappa shape index (κ1) is 22.2. The third-order valence-electron chi connectivity index (χ3n) is 5.11. The number of aryl methyl sites for hydroxylation is 3. The SMILES string of the molecule is Cc1ccc(C)c(S(=O)(=O)Nc2ccccc2C(=O)Nc2ccc(C)c(-n3cnnn3)c2)c1. The number of sulfonamides is 1. The van der Waals surface area contributed by atoms with E-state index in [4.69, 9.17) is 0 Å². The average molecular weight is 463 g/mol. The van der Waals surface area contributed by atoms with Crippen molar-refractivity contribution in [1.29, 1.82) is 0 Å². The monoisotopic (exact) mass is 462 g/mol. The average Bonchev–Trinajstić information content (AvgIpc) is 3.31. The lowest BCUT2D eigenvalue weighted by Crippen LogP contribution is -2.19. The lowest BCUT2D eigenvalue weighted by atomic mass is 10.1. The lowest BCUT2D eigenvalue weighted by molar-refractivity contribution is 0.102. The molecule has 1 amide bonds. The number of carbonyl (C=O) groups excluding carboxylic acids is 1. The molecule has 168 valence electrons. The summed E-state index contributed by atoms with van der Waals surface area (Å²) in [7, 11) is -3.89. The summed E-state index contributed by atoms with van der Waals surface area (Å²) in [4.78, 5) is 13.2. The second-order valence-electron chi connectivity index (χ2n) is 7.63. The third-order valence-corrected chi connectivity index (χ3v) is 6.62. The van der Waals surface area contributed by atoms with Gasteiger partial charge in [0.1, 0.15) is 6.33 Å². The minimum atomic E-state index is -3.89. The molecule has 2 N–H and O–H groups in total. The van der Waals surface area contributed by atoms with Gasteiger partial charge >= 0.3 is 0 Å². The van der Waals surface area contributed by atoms with Crippen LogP contribution in [-0.4, -0.2) is 34.5 Å². The smallest absolute Gasteiger partial charge is 0.262 e. The molecule has 0 atom stereocenters. The summed E-state index contributed by atoms with van der Waals surface area (Å²) < 4.78 is 30.2. The van der Waals surface area contributed by atoms with Gasteiger partial charge in [0, 0.05) is 5.69 Å². The van der Waals surface area contributed by atoms with Gasteiger partial charge in [-0.25, -0.2) is 13.1 Å². The Morgan fingerprint density at radius 1 is 0.939 bits per heavy atom. The second-order valence-corrected chi connectivity index (χ2v) is 9.28. The zero-order chi connectivity index (χ0) is 23.6. The predicted octanol–water partition coefficient (Wildman–Crippen LogP) is 3.64. The second kappa shape index (κ2) is 8.83. The summed E-state index contributed by atoms with van der Waals surface area (Å²) in [5, 5.41) is 14.0. The Balaban J connectivity index is 1.62. The Labute approximate surface area is 191 Å². The van der Waals surface area contributed by atoms with Gasteiger partial charge in [0.25, 0.3) is 15.9 Å².